The van der Waals surface area contributed by atoms with Crippen LogP contribution in [0.3, 0.4) is 0 Å². The van der Waals surface area contributed by atoms with Crippen LogP contribution in [0.2, 0.25) is 0 Å². The summed E-state index contributed by atoms with van der Waals surface area (Å²) in [5, 5.41) is 3.34. The lowest BCUT2D eigenvalue weighted by molar-refractivity contribution is 0.0242. The van der Waals surface area contributed by atoms with Crippen LogP contribution in [0.15, 0.2) is 18.2 Å². The third-order valence-electron chi connectivity index (χ3n) is 3.00. The third kappa shape index (κ3) is 3.19. The predicted molar refractivity (Wildman–Crippen MR) is 76.1 cm³/mol. The maximum Gasteiger partial charge on any atom is 0.410 e. The summed E-state index contributed by atoms with van der Waals surface area (Å²) >= 11 is 0. The van der Waals surface area contributed by atoms with Crippen molar-refractivity contribution < 1.29 is 9.53 Å². The highest BCUT2D eigenvalue weighted by Crippen LogP contribution is 2.30. The van der Waals surface area contributed by atoms with Crippen molar-refractivity contribution in [2.24, 2.45) is 0 Å². The molecule has 0 unspecified atom stereocenters. The molecule has 0 radical (unpaired) electrons. The molecule has 0 saturated carbocycles. The fourth-order valence-electron chi connectivity index (χ4n) is 2.23. The number of ether oxygens (including phenoxy) is 1. The van der Waals surface area contributed by atoms with Crippen molar-refractivity contribution in [2.75, 3.05) is 11.9 Å². The third-order valence-corrected chi connectivity index (χ3v) is 3.00. The van der Waals surface area contributed by atoms with Gasteiger partial charge in [0.25, 0.3) is 0 Å². The van der Waals surface area contributed by atoms with Gasteiger partial charge in [-0.25, -0.2) is 4.79 Å². The van der Waals surface area contributed by atoms with Crippen LogP contribution in [-0.2, 0) is 17.8 Å². The van der Waals surface area contributed by atoms with Gasteiger partial charge in [0.1, 0.15) is 5.60 Å². The molecule has 0 saturated heterocycles. The maximum absolute atomic E-state index is 12.1. The molecule has 0 fully saturated rings. The molecule has 104 valence electrons. The number of hydrogen-bond acceptors (Lipinski definition) is 3. The molecular formula is C15H22N2O2. The number of hydrogen-bond donors (Lipinski definition) is 1. The van der Waals surface area contributed by atoms with Gasteiger partial charge in [0, 0.05) is 18.8 Å². The zero-order valence-electron chi connectivity index (χ0n) is 12.1. The molecule has 0 spiro atoms. The summed E-state index contributed by atoms with van der Waals surface area (Å²) in [7, 11) is 0. The van der Waals surface area contributed by atoms with Crippen molar-refractivity contribution in [1.29, 1.82) is 0 Å². The molecule has 1 aliphatic heterocycles. The van der Waals surface area contributed by atoms with Gasteiger partial charge < -0.3 is 10.1 Å². The quantitative estimate of drug-likeness (QED) is 0.888. The molecule has 1 heterocycles. The number of carbonyl (C=O) groups is 1. The normalized spacial score (nSPS) is 14.2. The Bertz CT molecular complexity index is 478. The highest BCUT2D eigenvalue weighted by molar-refractivity contribution is 5.71. The standard InChI is InChI=1S/C15H22N2O2/c1-5-16-13-8-6-7-11-9-17(10-12(11)13)14(18)19-15(2,3)4/h6-8,16H,5,9-10H2,1-4H3. The maximum atomic E-state index is 12.1. The first-order chi connectivity index (χ1) is 8.90. The second-order valence-corrected chi connectivity index (χ2v) is 5.81. The molecule has 4 nitrogen and oxygen atoms in total. The van der Waals surface area contributed by atoms with E-state index in [9.17, 15) is 4.79 Å². The van der Waals surface area contributed by atoms with E-state index in [-0.39, 0.29) is 6.09 Å². The smallest absolute Gasteiger partial charge is 0.410 e. The Balaban J connectivity index is 2.12. The Kier molecular flexibility index (Phi) is 3.69. The average Bonchev–Trinajstić information content (AvgIpc) is 2.72. The number of benzene rings is 1. The van der Waals surface area contributed by atoms with Crippen LogP contribution in [0.5, 0.6) is 0 Å². The second kappa shape index (κ2) is 5.11. The minimum atomic E-state index is -0.448. The lowest BCUT2D eigenvalue weighted by atomic mass is 10.1. The first-order valence-electron chi connectivity index (χ1n) is 6.73. The van der Waals surface area contributed by atoms with E-state index < -0.39 is 5.60 Å². The monoisotopic (exact) mass is 262 g/mol. The van der Waals surface area contributed by atoms with Crippen molar-refractivity contribution >= 4 is 11.8 Å². The van der Waals surface area contributed by atoms with Gasteiger partial charge in [-0.2, -0.15) is 0 Å². The summed E-state index contributed by atoms with van der Waals surface area (Å²) in [6, 6.07) is 6.15. The van der Waals surface area contributed by atoms with Crippen molar-refractivity contribution in [2.45, 2.75) is 46.4 Å². The van der Waals surface area contributed by atoms with Crippen LogP contribution < -0.4 is 5.32 Å². The minimum absolute atomic E-state index is 0.244. The van der Waals surface area contributed by atoms with Crippen molar-refractivity contribution in [3.8, 4) is 0 Å². The van der Waals surface area contributed by atoms with Crippen molar-refractivity contribution in [1.82, 2.24) is 4.90 Å². The number of amides is 1. The van der Waals surface area contributed by atoms with Crippen LogP contribution in [-0.4, -0.2) is 23.1 Å². The predicted octanol–water partition coefficient (Wildman–Crippen LogP) is 3.37. The molecule has 1 aliphatic rings. The van der Waals surface area contributed by atoms with Crippen LogP contribution >= 0.6 is 0 Å². The van der Waals surface area contributed by atoms with Gasteiger partial charge in [-0.05, 0) is 44.9 Å². The summed E-state index contributed by atoms with van der Waals surface area (Å²) in [5.41, 5.74) is 3.07. The van der Waals surface area contributed by atoms with Gasteiger partial charge in [-0.15, -0.1) is 0 Å². The molecule has 0 atom stereocenters. The molecule has 1 amide bonds. The first-order valence-corrected chi connectivity index (χ1v) is 6.73. The van der Waals surface area contributed by atoms with Crippen molar-refractivity contribution in [3.63, 3.8) is 0 Å². The summed E-state index contributed by atoms with van der Waals surface area (Å²) in [6.07, 6.45) is -0.244. The fourth-order valence-corrected chi connectivity index (χ4v) is 2.23. The van der Waals surface area contributed by atoms with Crippen LogP contribution in [0.4, 0.5) is 10.5 Å². The first kappa shape index (κ1) is 13.7. The number of nitrogens with zero attached hydrogens (tertiary/aromatic N) is 1. The fraction of sp³-hybridized carbons (Fsp3) is 0.533. The minimum Gasteiger partial charge on any atom is -0.444 e. The number of anilines is 1. The molecule has 4 heteroatoms. The van der Waals surface area contributed by atoms with E-state index in [0.29, 0.717) is 13.1 Å². The largest absolute Gasteiger partial charge is 0.444 e. The number of rotatable bonds is 2. The molecular weight excluding hydrogens is 240 g/mol. The van der Waals surface area contributed by atoms with E-state index in [1.54, 1.807) is 4.90 Å². The number of fused-ring (bicyclic) bond motifs is 1. The van der Waals surface area contributed by atoms with Gasteiger partial charge in [-0.1, -0.05) is 12.1 Å². The van der Waals surface area contributed by atoms with Crippen LogP contribution in [0.25, 0.3) is 0 Å². The van der Waals surface area contributed by atoms with Gasteiger partial charge in [0.2, 0.25) is 0 Å². The summed E-state index contributed by atoms with van der Waals surface area (Å²) in [6.45, 7) is 9.86. The number of carbonyl (C=O) groups excluding carboxylic acids is 1. The Labute approximate surface area is 114 Å². The van der Waals surface area contributed by atoms with Gasteiger partial charge in [0.15, 0.2) is 0 Å². The summed E-state index contributed by atoms with van der Waals surface area (Å²) < 4.78 is 5.42. The van der Waals surface area contributed by atoms with E-state index in [0.717, 1.165) is 12.2 Å². The molecule has 0 aromatic heterocycles. The highest BCUT2D eigenvalue weighted by Gasteiger charge is 2.28. The van der Waals surface area contributed by atoms with Crippen molar-refractivity contribution in [3.05, 3.63) is 29.3 Å². The van der Waals surface area contributed by atoms with E-state index >= 15 is 0 Å². The van der Waals surface area contributed by atoms with Gasteiger partial charge in [0.05, 0.1) is 6.54 Å². The van der Waals surface area contributed by atoms with Crippen LogP contribution in [0.1, 0.15) is 38.8 Å². The molecule has 1 N–H and O–H groups in total. The van der Waals surface area contributed by atoms with Crippen LogP contribution in [0, 0.1) is 0 Å². The molecule has 1 aromatic rings. The topological polar surface area (TPSA) is 41.6 Å². The SMILES string of the molecule is CCNc1cccc2c1CN(C(=O)OC(C)(C)C)C2. The summed E-state index contributed by atoms with van der Waals surface area (Å²) in [4.78, 5) is 13.8. The number of nitrogens with one attached hydrogen (secondary N) is 1. The zero-order valence-corrected chi connectivity index (χ0v) is 12.1. The molecule has 19 heavy (non-hydrogen) atoms. The van der Waals surface area contributed by atoms with E-state index in [1.807, 2.05) is 26.8 Å². The highest BCUT2D eigenvalue weighted by atomic mass is 16.6. The Morgan fingerprint density at radius 1 is 1.37 bits per heavy atom. The zero-order chi connectivity index (χ0) is 14.0. The molecule has 0 bridgehead atoms. The molecule has 0 aliphatic carbocycles. The Hall–Kier alpha value is -1.71. The lowest BCUT2D eigenvalue weighted by Gasteiger charge is -2.24. The Morgan fingerprint density at radius 3 is 2.74 bits per heavy atom. The summed E-state index contributed by atoms with van der Waals surface area (Å²) in [5.74, 6) is 0. The van der Waals surface area contributed by atoms with Gasteiger partial charge >= 0.3 is 6.09 Å². The van der Waals surface area contributed by atoms with E-state index in [1.165, 1.54) is 11.1 Å². The van der Waals surface area contributed by atoms with E-state index in [2.05, 4.69) is 24.4 Å². The van der Waals surface area contributed by atoms with E-state index in [4.69, 9.17) is 4.74 Å². The molecule has 2 rings (SSSR count). The lowest BCUT2D eigenvalue weighted by Crippen LogP contribution is -2.33. The second-order valence-electron chi connectivity index (χ2n) is 5.81. The molecule has 1 aromatic carbocycles. The average molecular weight is 262 g/mol. The Morgan fingerprint density at radius 2 is 2.11 bits per heavy atom. The van der Waals surface area contributed by atoms with Gasteiger partial charge in [-0.3, -0.25) is 4.90 Å².